The number of rotatable bonds is 6. The number of H-pyrrole nitrogens is 1. The van der Waals surface area contributed by atoms with E-state index in [9.17, 15) is 0 Å². The zero-order valence-electron chi connectivity index (χ0n) is 18.2. The first-order valence-corrected chi connectivity index (χ1v) is 11.1. The Bertz CT molecular complexity index is 1010. The lowest BCUT2D eigenvalue weighted by Gasteiger charge is -2.36. The molecule has 5 heterocycles. The summed E-state index contributed by atoms with van der Waals surface area (Å²) < 4.78 is 5.98. The zero-order valence-corrected chi connectivity index (χ0v) is 18.2. The van der Waals surface area contributed by atoms with E-state index in [2.05, 4.69) is 37.7 Å². The molecule has 5 rings (SSSR count). The molecule has 0 spiro atoms. The summed E-state index contributed by atoms with van der Waals surface area (Å²) in [5.74, 6) is 1.48. The van der Waals surface area contributed by atoms with Gasteiger partial charge >= 0.3 is 0 Å². The summed E-state index contributed by atoms with van der Waals surface area (Å²) in [6, 6.07) is 9.79. The van der Waals surface area contributed by atoms with Crippen molar-refractivity contribution in [1.29, 1.82) is 0 Å². The first kappa shape index (κ1) is 19.9. The van der Waals surface area contributed by atoms with Crippen LogP contribution >= 0.6 is 0 Å². The molecule has 162 valence electrons. The second kappa shape index (κ2) is 8.26. The first-order chi connectivity index (χ1) is 15.1. The van der Waals surface area contributed by atoms with Crippen LogP contribution in [-0.4, -0.2) is 56.7 Å². The van der Waals surface area contributed by atoms with Gasteiger partial charge in [0.2, 0.25) is 5.88 Å². The molecule has 0 saturated carbocycles. The molecule has 0 aromatic carbocycles. The summed E-state index contributed by atoms with van der Waals surface area (Å²) >= 11 is 0. The molecule has 3 aromatic rings. The number of hydrogen-bond donors (Lipinski definition) is 2. The Morgan fingerprint density at radius 2 is 1.81 bits per heavy atom. The molecule has 2 fully saturated rings. The van der Waals surface area contributed by atoms with Crippen LogP contribution in [0.4, 0.5) is 5.82 Å². The van der Waals surface area contributed by atoms with E-state index in [-0.39, 0.29) is 6.10 Å². The highest BCUT2D eigenvalue weighted by Gasteiger charge is 2.35. The number of piperidine rings is 1. The lowest BCUT2D eigenvalue weighted by Crippen LogP contribution is -2.47. The van der Waals surface area contributed by atoms with Crippen LogP contribution in [0.1, 0.15) is 39.5 Å². The minimum absolute atomic E-state index is 0.00999. The van der Waals surface area contributed by atoms with Gasteiger partial charge in [0.05, 0.1) is 18.0 Å². The van der Waals surface area contributed by atoms with E-state index in [1.807, 2.05) is 44.3 Å². The third-order valence-electron chi connectivity index (χ3n) is 6.29. The summed E-state index contributed by atoms with van der Waals surface area (Å²) in [7, 11) is 2.13. The minimum Gasteiger partial charge on any atom is -0.474 e. The van der Waals surface area contributed by atoms with Crippen LogP contribution in [0.3, 0.4) is 0 Å². The smallest absolute Gasteiger partial charge is 0.222 e. The molecule has 2 N–H and O–H groups in total. The van der Waals surface area contributed by atoms with Crippen molar-refractivity contribution in [2.45, 2.75) is 63.8 Å². The second-order valence-corrected chi connectivity index (χ2v) is 8.85. The van der Waals surface area contributed by atoms with Crippen molar-refractivity contribution >= 4 is 5.82 Å². The molecular formula is C23H29N7O. The molecule has 2 saturated heterocycles. The van der Waals surface area contributed by atoms with Gasteiger partial charge in [0, 0.05) is 42.5 Å². The van der Waals surface area contributed by atoms with Crippen molar-refractivity contribution in [3.8, 4) is 28.4 Å². The number of anilines is 1. The Hall–Kier alpha value is -3.00. The van der Waals surface area contributed by atoms with Gasteiger partial charge in [-0.05, 0) is 63.8 Å². The minimum atomic E-state index is 0.00999. The van der Waals surface area contributed by atoms with Gasteiger partial charge in [-0.25, -0.2) is 4.98 Å². The number of nitrogens with zero attached hydrogens (tertiary/aromatic N) is 5. The third kappa shape index (κ3) is 4.12. The Kier molecular flexibility index (Phi) is 5.31. The highest BCUT2D eigenvalue weighted by Crippen LogP contribution is 2.33. The SMILES string of the molecule is CC(C)Oc1nc(-c2ccc(N(C)C3CC4CCC(C3)N4)nn2)ccc1-c1cn[nH]c1. The highest BCUT2D eigenvalue weighted by molar-refractivity contribution is 5.70. The van der Waals surface area contributed by atoms with Crippen LogP contribution in [0.5, 0.6) is 5.88 Å². The summed E-state index contributed by atoms with van der Waals surface area (Å²) in [6.45, 7) is 3.98. The Morgan fingerprint density at radius 1 is 1.03 bits per heavy atom. The summed E-state index contributed by atoms with van der Waals surface area (Å²) in [5, 5.41) is 19.6. The highest BCUT2D eigenvalue weighted by atomic mass is 16.5. The van der Waals surface area contributed by atoms with Gasteiger partial charge in [-0.2, -0.15) is 5.10 Å². The molecule has 31 heavy (non-hydrogen) atoms. The van der Waals surface area contributed by atoms with E-state index >= 15 is 0 Å². The average molecular weight is 420 g/mol. The van der Waals surface area contributed by atoms with Crippen molar-refractivity contribution in [1.82, 2.24) is 30.7 Å². The molecule has 8 heteroatoms. The molecule has 2 bridgehead atoms. The predicted octanol–water partition coefficient (Wildman–Crippen LogP) is 3.44. The van der Waals surface area contributed by atoms with E-state index in [0.29, 0.717) is 24.0 Å². The Morgan fingerprint density at radius 3 is 2.45 bits per heavy atom. The van der Waals surface area contributed by atoms with Crippen LogP contribution in [-0.2, 0) is 0 Å². The number of ether oxygens (including phenoxy) is 1. The molecule has 0 aliphatic carbocycles. The normalized spacial score (nSPS) is 22.6. The van der Waals surface area contributed by atoms with Gasteiger partial charge < -0.3 is 15.0 Å². The number of nitrogens with one attached hydrogen (secondary N) is 2. The van der Waals surface area contributed by atoms with Crippen LogP contribution in [0, 0.1) is 0 Å². The van der Waals surface area contributed by atoms with Crippen molar-refractivity contribution in [2.75, 3.05) is 11.9 Å². The predicted molar refractivity (Wildman–Crippen MR) is 120 cm³/mol. The second-order valence-electron chi connectivity index (χ2n) is 8.85. The number of hydrogen-bond acceptors (Lipinski definition) is 7. The fourth-order valence-corrected chi connectivity index (χ4v) is 4.69. The number of aromatic nitrogens is 5. The number of pyridine rings is 1. The molecule has 3 aromatic heterocycles. The summed E-state index contributed by atoms with van der Waals surface area (Å²) in [4.78, 5) is 7.03. The van der Waals surface area contributed by atoms with Crippen LogP contribution in [0.2, 0.25) is 0 Å². The average Bonchev–Trinajstić information content (AvgIpc) is 3.42. The molecule has 0 amide bonds. The van der Waals surface area contributed by atoms with Crippen molar-refractivity contribution in [3.05, 3.63) is 36.7 Å². The molecular weight excluding hydrogens is 390 g/mol. The lowest BCUT2D eigenvalue weighted by atomic mass is 9.98. The molecule has 2 atom stereocenters. The van der Waals surface area contributed by atoms with Gasteiger partial charge in [-0.15, -0.1) is 10.2 Å². The number of aromatic amines is 1. The van der Waals surface area contributed by atoms with Gasteiger partial charge in [0.1, 0.15) is 5.69 Å². The molecule has 2 aliphatic heterocycles. The lowest BCUT2D eigenvalue weighted by molar-refractivity contribution is 0.234. The fraction of sp³-hybridized carbons (Fsp3) is 0.478. The maximum absolute atomic E-state index is 5.98. The van der Waals surface area contributed by atoms with Crippen molar-refractivity contribution < 1.29 is 4.74 Å². The van der Waals surface area contributed by atoms with Gasteiger partial charge in [-0.3, -0.25) is 5.10 Å². The molecule has 2 unspecified atom stereocenters. The fourth-order valence-electron chi connectivity index (χ4n) is 4.69. The van der Waals surface area contributed by atoms with E-state index in [4.69, 9.17) is 9.72 Å². The van der Waals surface area contributed by atoms with E-state index in [0.717, 1.165) is 28.3 Å². The number of fused-ring (bicyclic) bond motifs is 2. The van der Waals surface area contributed by atoms with E-state index < -0.39 is 0 Å². The van der Waals surface area contributed by atoms with E-state index in [1.165, 1.54) is 25.7 Å². The van der Waals surface area contributed by atoms with Crippen LogP contribution < -0.4 is 15.0 Å². The van der Waals surface area contributed by atoms with Crippen LogP contribution in [0.15, 0.2) is 36.7 Å². The van der Waals surface area contributed by atoms with Crippen molar-refractivity contribution in [2.24, 2.45) is 0 Å². The summed E-state index contributed by atoms with van der Waals surface area (Å²) in [6.07, 6.45) is 8.53. The summed E-state index contributed by atoms with van der Waals surface area (Å²) in [5.41, 5.74) is 3.31. The zero-order chi connectivity index (χ0) is 21.4. The monoisotopic (exact) mass is 419 g/mol. The van der Waals surface area contributed by atoms with Crippen molar-refractivity contribution in [3.63, 3.8) is 0 Å². The van der Waals surface area contributed by atoms with Gasteiger partial charge in [0.25, 0.3) is 0 Å². The maximum Gasteiger partial charge on any atom is 0.222 e. The van der Waals surface area contributed by atoms with Crippen LogP contribution in [0.25, 0.3) is 22.5 Å². The standard InChI is InChI=1S/C23H29N7O/c1-14(2)31-23-19(15-12-24-25-13-15)6-7-20(27-23)21-8-9-22(29-28-21)30(3)18-10-16-4-5-17(11-18)26-16/h6-9,12-14,16-18,26H,4-5,10-11H2,1-3H3,(H,24,25). The molecule has 8 nitrogen and oxygen atoms in total. The Balaban J connectivity index is 1.38. The largest absolute Gasteiger partial charge is 0.474 e. The molecule has 0 radical (unpaired) electrons. The third-order valence-corrected chi connectivity index (χ3v) is 6.29. The molecule has 2 aliphatic rings. The maximum atomic E-state index is 5.98. The van der Waals surface area contributed by atoms with Gasteiger partial charge in [-0.1, -0.05) is 0 Å². The first-order valence-electron chi connectivity index (χ1n) is 11.1. The van der Waals surface area contributed by atoms with E-state index in [1.54, 1.807) is 6.20 Å². The quantitative estimate of drug-likeness (QED) is 0.632. The Labute approximate surface area is 182 Å². The topological polar surface area (TPSA) is 91.8 Å². The van der Waals surface area contributed by atoms with Gasteiger partial charge in [0.15, 0.2) is 5.82 Å².